The van der Waals surface area contributed by atoms with Crippen LogP contribution in [-0.2, 0) is 19.0 Å². The molecule has 0 bridgehead atoms. The van der Waals surface area contributed by atoms with Crippen LogP contribution in [0.1, 0.15) is 13.3 Å². The first-order valence-electron chi connectivity index (χ1n) is 7.82. The number of amides is 1. The summed E-state index contributed by atoms with van der Waals surface area (Å²) in [6.07, 6.45) is 4.32. The molecule has 0 aliphatic heterocycles. The van der Waals surface area contributed by atoms with Crippen molar-refractivity contribution in [3.05, 3.63) is 23.4 Å². The molecule has 0 spiro atoms. The van der Waals surface area contributed by atoms with E-state index in [9.17, 15) is 4.79 Å². The molecular formula is C16H28N2O5. The van der Waals surface area contributed by atoms with Crippen LogP contribution in [0.5, 0.6) is 0 Å². The zero-order valence-electron chi connectivity index (χ0n) is 13.9. The Morgan fingerprint density at radius 3 is 2.87 bits per heavy atom. The third-order valence-corrected chi connectivity index (χ3v) is 3.43. The van der Waals surface area contributed by atoms with Crippen LogP contribution in [0, 0.1) is 5.92 Å². The lowest BCUT2D eigenvalue weighted by atomic mass is 9.93. The van der Waals surface area contributed by atoms with E-state index in [0.717, 1.165) is 5.57 Å². The third-order valence-electron chi connectivity index (χ3n) is 3.43. The molecule has 7 heteroatoms. The maximum absolute atomic E-state index is 11.7. The summed E-state index contributed by atoms with van der Waals surface area (Å²) in [6, 6.07) is 0. The molecule has 1 rings (SSSR count). The molecule has 0 aromatic carbocycles. The highest BCUT2D eigenvalue weighted by Crippen LogP contribution is 2.22. The summed E-state index contributed by atoms with van der Waals surface area (Å²) in [5.41, 5.74) is 7.55. The largest absolute Gasteiger partial charge is 0.399 e. The molecule has 0 saturated carbocycles. The maximum Gasteiger partial charge on any atom is 0.246 e. The van der Waals surface area contributed by atoms with Crippen molar-refractivity contribution in [3.8, 4) is 0 Å². The predicted molar refractivity (Wildman–Crippen MR) is 86.7 cm³/mol. The van der Waals surface area contributed by atoms with Gasteiger partial charge in [0.2, 0.25) is 5.91 Å². The van der Waals surface area contributed by atoms with E-state index in [4.69, 9.17) is 25.1 Å². The number of hydrogen-bond donors (Lipinski definition) is 3. The van der Waals surface area contributed by atoms with Crippen LogP contribution in [0.2, 0.25) is 0 Å². The third kappa shape index (κ3) is 7.60. The van der Waals surface area contributed by atoms with Gasteiger partial charge < -0.3 is 30.4 Å². The molecular weight excluding hydrogens is 300 g/mol. The van der Waals surface area contributed by atoms with Crippen LogP contribution in [0.15, 0.2) is 23.4 Å². The average molecular weight is 328 g/mol. The molecule has 7 nitrogen and oxygen atoms in total. The molecule has 4 N–H and O–H groups in total. The maximum atomic E-state index is 11.7. The van der Waals surface area contributed by atoms with E-state index in [-0.39, 0.29) is 31.1 Å². The lowest BCUT2D eigenvalue weighted by molar-refractivity contribution is -0.127. The predicted octanol–water partition coefficient (Wildman–Crippen LogP) is -0.0481. The Labute approximate surface area is 137 Å². The van der Waals surface area contributed by atoms with Gasteiger partial charge in [0.1, 0.15) is 6.61 Å². The summed E-state index contributed by atoms with van der Waals surface area (Å²) in [4.78, 5) is 11.7. The highest BCUT2D eigenvalue weighted by molar-refractivity contribution is 5.77. The Balaban J connectivity index is 2.23. The number of aliphatic hydroxyl groups is 1. The van der Waals surface area contributed by atoms with E-state index in [1.54, 1.807) is 7.11 Å². The molecule has 23 heavy (non-hydrogen) atoms. The van der Waals surface area contributed by atoms with Gasteiger partial charge in [0.05, 0.1) is 25.9 Å². The molecule has 2 unspecified atom stereocenters. The fraction of sp³-hybridized carbons (Fsp3) is 0.688. The number of nitrogens with two attached hydrogens (primary N) is 1. The number of rotatable bonds is 11. The van der Waals surface area contributed by atoms with Crippen molar-refractivity contribution in [2.45, 2.75) is 19.4 Å². The average Bonchev–Trinajstić information content (AvgIpc) is 2.53. The van der Waals surface area contributed by atoms with Gasteiger partial charge >= 0.3 is 0 Å². The summed E-state index contributed by atoms with van der Waals surface area (Å²) >= 11 is 0. The van der Waals surface area contributed by atoms with Crippen LogP contribution < -0.4 is 11.1 Å². The van der Waals surface area contributed by atoms with E-state index in [0.29, 0.717) is 38.5 Å². The molecule has 132 valence electrons. The highest BCUT2D eigenvalue weighted by Gasteiger charge is 2.21. The number of nitrogens with one attached hydrogen (secondary N) is 1. The molecule has 1 aliphatic rings. The summed E-state index contributed by atoms with van der Waals surface area (Å²) in [5, 5.41) is 11.3. The Morgan fingerprint density at radius 1 is 1.39 bits per heavy atom. The lowest BCUT2D eigenvalue weighted by Crippen LogP contribution is -2.33. The number of aliphatic hydroxyl groups excluding tert-OH is 1. The minimum Gasteiger partial charge on any atom is -0.399 e. The van der Waals surface area contributed by atoms with Crippen molar-refractivity contribution in [1.82, 2.24) is 5.32 Å². The van der Waals surface area contributed by atoms with Gasteiger partial charge in [-0.25, -0.2) is 0 Å². The number of hydrogen-bond acceptors (Lipinski definition) is 6. The van der Waals surface area contributed by atoms with E-state index in [1.807, 2.05) is 19.1 Å². The molecule has 1 amide bonds. The van der Waals surface area contributed by atoms with Gasteiger partial charge in [-0.3, -0.25) is 4.79 Å². The fourth-order valence-electron chi connectivity index (χ4n) is 2.22. The summed E-state index contributed by atoms with van der Waals surface area (Å²) in [7, 11) is 1.63. The Morgan fingerprint density at radius 2 is 2.17 bits per heavy atom. The smallest absolute Gasteiger partial charge is 0.246 e. The molecule has 0 fully saturated rings. The Kier molecular flexibility index (Phi) is 9.54. The van der Waals surface area contributed by atoms with Gasteiger partial charge in [-0.1, -0.05) is 13.0 Å². The topological polar surface area (TPSA) is 103 Å². The number of carbonyl (C=O) groups excluding carboxylic acids is 1. The van der Waals surface area contributed by atoms with Gasteiger partial charge in [0.25, 0.3) is 0 Å². The van der Waals surface area contributed by atoms with Gasteiger partial charge in [-0.05, 0) is 18.1 Å². The molecule has 0 saturated heterocycles. The van der Waals surface area contributed by atoms with Crippen LogP contribution >= 0.6 is 0 Å². The zero-order chi connectivity index (χ0) is 17.1. The molecule has 1 aliphatic carbocycles. The lowest BCUT2D eigenvalue weighted by Gasteiger charge is -2.25. The monoisotopic (exact) mass is 328 g/mol. The van der Waals surface area contributed by atoms with Crippen LogP contribution in [-0.4, -0.2) is 63.8 Å². The van der Waals surface area contributed by atoms with Gasteiger partial charge in [-0.2, -0.15) is 0 Å². The molecule has 0 aromatic heterocycles. The van der Waals surface area contributed by atoms with E-state index in [2.05, 4.69) is 5.32 Å². The van der Waals surface area contributed by atoms with Crippen LogP contribution in [0.3, 0.4) is 0 Å². The SMILES string of the molecule is COCC1=CC(C)C(OCC(=O)NCCCOCCO)C=C1N. The number of methoxy groups -OCH3 is 1. The zero-order valence-corrected chi connectivity index (χ0v) is 13.9. The minimum absolute atomic E-state index is 0.0102. The van der Waals surface area contributed by atoms with E-state index >= 15 is 0 Å². The Bertz CT molecular complexity index is 423. The highest BCUT2D eigenvalue weighted by atomic mass is 16.5. The van der Waals surface area contributed by atoms with Gasteiger partial charge in [0.15, 0.2) is 0 Å². The number of ether oxygens (including phenoxy) is 3. The standard InChI is InChI=1S/C16H28N2O5/c1-12-8-13(10-21-2)14(17)9-15(12)23-11-16(20)18-4-3-6-22-7-5-19/h8-9,12,15,19H,3-7,10-11,17H2,1-2H3,(H,18,20). The first-order chi connectivity index (χ1) is 11.1. The van der Waals surface area contributed by atoms with Crippen molar-refractivity contribution in [3.63, 3.8) is 0 Å². The first kappa shape index (κ1) is 19.6. The number of carbonyl (C=O) groups is 1. The summed E-state index contributed by atoms with van der Waals surface area (Å²) in [5.74, 6) is -0.0369. The van der Waals surface area contributed by atoms with Crippen molar-refractivity contribution in [2.75, 3.05) is 46.7 Å². The molecule has 0 radical (unpaired) electrons. The molecule has 0 aromatic rings. The van der Waals surface area contributed by atoms with Crippen molar-refractivity contribution >= 4 is 5.91 Å². The summed E-state index contributed by atoms with van der Waals surface area (Å²) < 4.78 is 15.8. The van der Waals surface area contributed by atoms with Crippen molar-refractivity contribution in [2.24, 2.45) is 11.7 Å². The van der Waals surface area contributed by atoms with Gasteiger partial charge in [0, 0.05) is 31.9 Å². The second-order valence-corrected chi connectivity index (χ2v) is 5.42. The van der Waals surface area contributed by atoms with Crippen LogP contribution in [0.4, 0.5) is 0 Å². The van der Waals surface area contributed by atoms with Gasteiger partial charge in [-0.15, -0.1) is 0 Å². The molecule has 2 atom stereocenters. The minimum atomic E-state index is -0.214. The van der Waals surface area contributed by atoms with E-state index < -0.39 is 0 Å². The first-order valence-corrected chi connectivity index (χ1v) is 7.82. The fourth-order valence-corrected chi connectivity index (χ4v) is 2.22. The normalized spacial score (nSPS) is 20.8. The van der Waals surface area contributed by atoms with E-state index in [1.165, 1.54) is 0 Å². The Hall–Kier alpha value is -1.41. The second kappa shape index (κ2) is 11.2. The van der Waals surface area contributed by atoms with Crippen LogP contribution in [0.25, 0.3) is 0 Å². The molecule has 0 heterocycles. The van der Waals surface area contributed by atoms with Crippen molar-refractivity contribution < 1.29 is 24.1 Å². The van der Waals surface area contributed by atoms with Crippen molar-refractivity contribution in [1.29, 1.82) is 0 Å². The summed E-state index contributed by atoms with van der Waals surface area (Å²) in [6.45, 7) is 3.83. The second-order valence-electron chi connectivity index (χ2n) is 5.42. The quantitative estimate of drug-likeness (QED) is 0.460.